The number of benzene rings is 2. The summed E-state index contributed by atoms with van der Waals surface area (Å²) >= 11 is 3.11. The standard InChI is InChI=1S/C14H13BrO5S2/c1-10-5-3-4-6-13(10)20-22(18,19)14-9-11(21(2,16)17)7-8-12(14)15/h3-9H,1-2H3. The van der Waals surface area contributed by atoms with Crippen LogP contribution < -0.4 is 4.18 Å². The lowest BCUT2D eigenvalue weighted by Crippen LogP contribution is -2.12. The number of sulfone groups is 1. The molecule has 0 saturated heterocycles. The molecule has 0 radical (unpaired) electrons. The van der Waals surface area contributed by atoms with Crippen LogP contribution in [0.2, 0.25) is 0 Å². The molecule has 0 aliphatic heterocycles. The first-order valence-corrected chi connectivity index (χ1v) is 10.2. The molecule has 22 heavy (non-hydrogen) atoms. The third-order valence-electron chi connectivity index (χ3n) is 2.89. The van der Waals surface area contributed by atoms with Crippen LogP contribution in [0, 0.1) is 6.92 Å². The van der Waals surface area contributed by atoms with E-state index in [1.54, 1.807) is 25.1 Å². The Hall–Kier alpha value is -1.38. The summed E-state index contributed by atoms with van der Waals surface area (Å²) in [4.78, 5) is -0.332. The molecule has 0 aliphatic rings. The molecule has 0 aromatic heterocycles. The zero-order chi connectivity index (χ0) is 16.5. The van der Waals surface area contributed by atoms with E-state index in [0.717, 1.165) is 12.3 Å². The molecule has 0 fully saturated rings. The molecule has 0 spiro atoms. The molecular weight excluding hydrogens is 392 g/mol. The average Bonchev–Trinajstić information content (AvgIpc) is 2.40. The highest BCUT2D eigenvalue weighted by Crippen LogP contribution is 2.29. The maximum absolute atomic E-state index is 12.4. The van der Waals surface area contributed by atoms with Crippen molar-refractivity contribution in [2.45, 2.75) is 16.7 Å². The van der Waals surface area contributed by atoms with Crippen molar-refractivity contribution in [3.8, 4) is 5.75 Å². The summed E-state index contributed by atoms with van der Waals surface area (Å²) < 4.78 is 53.3. The van der Waals surface area contributed by atoms with Crippen molar-refractivity contribution in [2.24, 2.45) is 0 Å². The van der Waals surface area contributed by atoms with Gasteiger partial charge in [0.2, 0.25) is 0 Å². The van der Waals surface area contributed by atoms with Crippen LogP contribution in [0.25, 0.3) is 0 Å². The first-order chi connectivity index (χ1) is 10.1. The Kier molecular flexibility index (Phi) is 4.65. The molecule has 0 atom stereocenters. The smallest absolute Gasteiger partial charge is 0.340 e. The number of halogens is 1. The Morgan fingerprint density at radius 1 is 1.00 bits per heavy atom. The van der Waals surface area contributed by atoms with Gasteiger partial charge in [-0.2, -0.15) is 8.42 Å². The van der Waals surface area contributed by atoms with Crippen molar-refractivity contribution in [2.75, 3.05) is 6.26 Å². The molecular formula is C14H13BrO5S2. The van der Waals surface area contributed by atoms with E-state index < -0.39 is 20.0 Å². The second-order valence-electron chi connectivity index (χ2n) is 4.67. The molecule has 0 unspecified atom stereocenters. The molecule has 2 aromatic carbocycles. The SMILES string of the molecule is Cc1ccccc1OS(=O)(=O)c1cc(S(C)(=O)=O)ccc1Br. The van der Waals surface area contributed by atoms with E-state index >= 15 is 0 Å². The summed E-state index contributed by atoms with van der Waals surface area (Å²) in [5, 5.41) is 0. The van der Waals surface area contributed by atoms with E-state index in [-0.39, 0.29) is 20.0 Å². The highest BCUT2D eigenvalue weighted by molar-refractivity contribution is 9.10. The molecule has 2 aromatic rings. The summed E-state index contributed by atoms with van der Waals surface area (Å²) in [5.74, 6) is 0.194. The average molecular weight is 405 g/mol. The van der Waals surface area contributed by atoms with E-state index in [2.05, 4.69) is 15.9 Å². The van der Waals surface area contributed by atoms with Crippen molar-refractivity contribution in [1.29, 1.82) is 0 Å². The molecule has 0 heterocycles. The largest absolute Gasteiger partial charge is 0.379 e. The van der Waals surface area contributed by atoms with Crippen LogP contribution in [0.1, 0.15) is 5.56 Å². The molecule has 0 saturated carbocycles. The molecule has 5 nitrogen and oxygen atoms in total. The number of hydrogen-bond donors (Lipinski definition) is 0. The van der Waals surface area contributed by atoms with Crippen LogP contribution in [0.4, 0.5) is 0 Å². The minimum absolute atomic E-state index is 0.0948. The molecule has 0 aliphatic carbocycles. The Morgan fingerprint density at radius 3 is 2.23 bits per heavy atom. The zero-order valence-electron chi connectivity index (χ0n) is 11.8. The first kappa shape index (κ1) is 17.0. The van der Waals surface area contributed by atoms with Gasteiger partial charge < -0.3 is 4.18 Å². The van der Waals surface area contributed by atoms with Gasteiger partial charge in [-0.3, -0.25) is 0 Å². The first-order valence-electron chi connectivity index (χ1n) is 6.11. The molecule has 0 bridgehead atoms. The van der Waals surface area contributed by atoms with E-state index in [1.165, 1.54) is 18.2 Å². The number of hydrogen-bond acceptors (Lipinski definition) is 5. The Bertz CT molecular complexity index is 918. The molecule has 118 valence electrons. The third-order valence-corrected chi connectivity index (χ3v) is 6.23. The quantitative estimate of drug-likeness (QED) is 0.731. The fraction of sp³-hybridized carbons (Fsp3) is 0.143. The van der Waals surface area contributed by atoms with Crippen LogP contribution in [0.3, 0.4) is 0 Å². The van der Waals surface area contributed by atoms with Crippen molar-refractivity contribution in [3.63, 3.8) is 0 Å². The second kappa shape index (κ2) is 6.02. The van der Waals surface area contributed by atoms with Crippen LogP contribution >= 0.6 is 15.9 Å². The highest BCUT2D eigenvalue weighted by atomic mass is 79.9. The number of aryl methyl sites for hydroxylation is 1. The van der Waals surface area contributed by atoms with Crippen LogP contribution in [0.15, 0.2) is 56.7 Å². The lowest BCUT2D eigenvalue weighted by atomic mass is 10.2. The van der Waals surface area contributed by atoms with E-state index in [1.807, 2.05) is 0 Å². The fourth-order valence-corrected chi connectivity index (χ4v) is 4.37. The third kappa shape index (κ3) is 3.68. The minimum atomic E-state index is -4.16. The minimum Gasteiger partial charge on any atom is -0.379 e. The van der Waals surface area contributed by atoms with Crippen molar-refractivity contribution < 1.29 is 21.0 Å². The van der Waals surface area contributed by atoms with Crippen LogP contribution in [-0.2, 0) is 20.0 Å². The van der Waals surface area contributed by atoms with Gasteiger partial charge in [-0.1, -0.05) is 18.2 Å². The Morgan fingerprint density at radius 2 is 1.64 bits per heavy atom. The summed E-state index contributed by atoms with van der Waals surface area (Å²) in [7, 11) is -7.68. The van der Waals surface area contributed by atoms with Gasteiger partial charge in [0, 0.05) is 10.7 Å². The topological polar surface area (TPSA) is 77.5 Å². The molecule has 0 amide bonds. The Labute approximate surface area is 138 Å². The van der Waals surface area contributed by atoms with Gasteiger partial charge in [0.15, 0.2) is 9.84 Å². The summed E-state index contributed by atoms with van der Waals surface area (Å²) in [6.45, 7) is 1.72. The summed E-state index contributed by atoms with van der Waals surface area (Å²) in [6.07, 6.45) is 1.01. The van der Waals surface area contributed by atoms with Gasteiger partial charge in [-0.25, -0.2) is 8.42 Å². The van der Waals surface area contributed by atoms with Gasteiger partial charge >= 0.3 is 10.1 Å². The predicted molar refractivity (Wildman–Crippen MR) is 86.2 cm³/mol. The van der Waals surface area contributed by atoms with Gasteiger partial charge in [-0.05, 0) is 52.7 Å². The monoisotopic (exact) mass is 404 g/mol. The summed E-state index contributed by atoms with van der Waals surface area (Å²) in [5.41, 5.74) is 0.654. The van der Waals surface area contributed by atoms with Crippen LogP contribution in [0.5, 0.6) is 5.75 Å². The molecule has 2 rings (SSSR count). The van der Waals surface area contributed by atoms with Gasteiger partial charge in [0.05, 0.1) is 4.90 Å². The molecule has 0 N–H and O–H groups in total. The second-order valence-corrected chi connectivity index (χ2v) is 9.05. The van der Waals surface area contributed by atoms with Crippen molar-refractivity contribution >= 4 is 35.9 Å². The van der Waals surface area contributed by atoms with Crippen LogP contribution in [-0.4, -0.2) is 23.1 Å². The number of rotatable bonds is 4. The van der Waals surface area contributed by atoms with Gasteiger partial charge in [0.1, 0.15) is 10.6 Å². The normalized spacial score (nSPS) is 12.1. The Balaban J connectivity index is 2.53. The fourth-order valence-electron chi connectivity index (χ4n) is 1.72. The maximum Gasteiger partial charge on any atom is 0.340 e. The zero-order valence-corrected chi connectivity index (χ0v) is 15.0. The number of para-hydroxylation sites is 1. The lowest BCUT2D eigenvalue weighted by Gasteiger charge is -2.11. The van der Waals surface area contributed by atoms with E-state index in [0.29, 0.717) is 5.56 Å². The van der Waals surface area contributed by atoms with Crippen molar-refractivity contribution in [1.82, 2.24) is 0 Å². The van der Waals surface area contributed by atoms with Gasteiger partial charge in [0.25, 0.3) is 0 Å². The van der Waals surface area contributed by atoms with E-state index in [9.17, 15) is 16.8 Å². The van der Waals surface area contributed by atoms with Crippen molar-refractivity contribution in [3.05, 3.63) is 52.5 Å². The lowest BCUT2D eigenvalue weighted by molar-refractivity contribution is 0.483. The predicted octanol–water partition coefficient (Wildman–Crippen LogP) is 2.93. The molecule has 8 heteroatoms. The van der Waals surface area contributed by atoms with E-state index in [4.69, 9.17) is 4.18 Å². The van der Waals surface area contributed by atoms with Gasteiger partial charge in [-0.15, -0.1) is 0 Å². The highest BCUT2D eigenvalue weighted by Gasteiger charge is 2.23. The summed E-state index contributed by atoms with van der Waals surface area (Å²) in [6, 6.07) is 10.4. The maximum atomic E-state index is 12.4.